The highest BCUT2D eigenvalue weighted by Gasteiger charge is 2.21. The molecule has 10 nitrogen and oxygen atoms in total. The monoisotopic (exact) mass is 661 g/mol. The molecule has 0 spiro atoms. The zero-order valence-corrected chi connectivity index (χ0v) is 26.9. The second kappa shape index (κ2) is 14.6. The van der Waals surface area contributed by atoms with Crippen LogP contribution in [0, 0.1) is 6.92 Å². The number of carboxylic acids is 1. The number of piperidine rings is 1. The van der Waals surface area contributed by atoms with Crippen LogP contribution in [0.25, 0.3) is 17.0 Å². The predicted molar refractivity (Wildman–Crippen MR) is 180 cm³/mol. The first-order valence-electron chi connectivity index (χ1n) is 14.8. The first-order valence-corrected chi connectivity index (χ1v) is 15.5. The normalized spacial score (nSPS) is 13.2. The van der Waals surface area contributed by atoms with Crippen LogP contribution in [0.1, 0.15) is 46.6 Å². The molecular weight excluding hydrogens is 629 g/mol. The summed E-state index contributed by atoms with van der Waals surface area (Å²) in [7, 11) is 1.55. The third-order valence-electron chi connectivity index (χ3n) is 7.73. The van der Waals surface area contributed by atoms with Gasteiger partial charge in [0.15, 0.2) is 0 Å². The Bertz CT molecular complexity index is 1810. The minimum Gasteiger partial charge on any atom is -0.487 e. The lowest BCUT2D eigenvalue weighted by atomic mass is 10.1. The summed E-state index contributed by atoms with van der Waals surface area (Å²) in [5.41, 5.74) is 4.16. The lowest BCUT2D eigenvalue weighted by Crippen LogP contribution is -2.37. The number of amides is 2. The molecule has 0 unspecified atom stereocenters. The number of carbonyl (C=O) groups is 3. The predicted octanol–water partition coefficient (Wildman–Crippen LogP) is 6.30. The van der Waals surface area contributed by atoms with Gasteiger partial charge in [-0.05, 0) is 68.2 Å². The maximum Gasteiger partial charge on any atom is 0.354 e. The Labute approximate surface area is 276 Å². The molecule has 1 fully saturated rings. The molecule has 0 aliphatic carbocycles. The number of aryl methyl sites for hydroxylation is 1. The van der Waals surface area contributed by atoms with Crippen LogP contribution in [0.4, 0.5) is 11.4 Å². The van der Waals surface area contributed by atoms with Crippen LogP contribution < -0.4 is 19.9 Å². The minimum absolute atomic E-state index is 0.0468. The van der Waals surface area contributed by atoms with Crippen LogP contribution in [0.5, 0.6) is 5.75 Å². The second-order valence-electron chi connectivity index (χ2n) is 10.9. The highest BCUT2D eigenvalue weighted by molar-refractivity contribution is 6.38. The summed E-state index contributed by atoms with van der Waals surface area (Å²) in [4.78, 5) is 48.6. The number of ether oxygens (including phenoxy) is 1. The fourth-order valence-corrected chi connectivity index (χ4v) is 5.85. The first kappa shape index (κ1) is 32.7. The molecule has 1 aliphatic rings. The number of halogens is 2. The Balaban J connectivity index is 1.26. The van der Waals surface area contributed by atoms with Gasteiger partial charge in [-0.25, -0.2) is 14.8 Å². The van der Waals surface area contributed by atoms with Crippen molar-refractivity contribution < 1.29 is 24.2 Å². The summed E-state index contributed by atoms with van der Waals surface area (Å²) in [6.07, 6.45) is 7.60. The van der Waals surface area contributed by atoms with E-state index in [0.717, 1.165) is 48.2 Å². The molecule has 4 aromatic rings. The number of para-hydroxylation sites is 1. The number of hydrogen-bond acceptors (Lipinski definition) is 7. The number of aromatic carboxylic acids is 1. The molecule has 46 heavy (non-hydrogen) atoms. The number of nitrogens with one attached hydrogen (secondary N) is 1. The van der Waals surface area contributed by atoms with Gasteiger partial charge in [-0.3, -0.25) is 9.59 Å². The summed E-state index contributed by atoms with van der Waals surface area (Å²) in [5.74, 6) is -1.46. The third-order valence-corrected chi connectivity index (χ3v) is 8.50. The highest BCUT2D eigenvalue weighted by atomic mass is 35.5. The molecule has 238 valence electrons. The molecule has 1 saturated heterocycles. The zero-order valence-electron chi connectivity index (χ0n) is 25.4. The van der Waals surface area contributed by atoms with Crippen LogP contribution >= 0.6 is 23.2 Å². The second-order valence-corrected chi connectivity index (χ2v) is 11.7. The number of carbonyl (C=O) groups excluding carboxylic acids is 2. The van der Waals surface area contributed by atoms with Gasteiger partial charge in [0.2, 0.25) is 11.8 Å². The molecule has 0 radical (unpaired) electrons. The molecule has 2 N–H and O–H groups in total. The summed E-state index contributed by atoms with van der Waals surface area (Å²) in [6.45, 7) is 3.75. The number of nitrogens with zero attached hydrogens (tertiary/aromatic N) is 4. The Morgan fingerprint density at radius 2 is 1.87 bits per heavy atom. The topological polar surface area (TPSA) is 125 Å². The number of rotatable bonds is 10. The summed E-state index contributed by atoms with van der Waals surface area (Å²) in [5, 5.41) is 13.1. The van der Waals surface area contributed by atoms with Crippen molar-refractivity contribution in [1.82, 2.24) is 15.3 Å². The van der Waals surface area contributed by atoms with Crippen molar-refractivity contribution in [2.24, 2.45) is 0 Å². The van der Waals surface area contributed by atoms with Gasteiger partial charge in [0.05, 0.1) is 17.3 Å². The molecule has 3 heterocycles. The fourth-order valence-electron chi connectivity index (χ4n) is 5.24. The van der Waals surface area contributed by atoms with Crippen molar-refractivity contribution >= 4 is 69.3 Å². The molecule has 2 amide bonds. The molecular formula is C34H33Cl2N5O5. The number of carboxylic acid groups (broad SMARTS) is 1. The molecule has 1 aliphatic heterocycles. The molecule has 2 aromatic heterocycles. The standard InChI is InChI=1S/C34H33Cl2N5O5/c1-21-17-28(41-15-4-3-5-16-41)23-7-6-8-29(33(23)39-21)46-20-24-25(35)11-13-27(32(24)36)40(2)31(43)19-38-30(42)14-10-22-9-12-26(34(44)45)37-18-22/h6-14,17-18H,3-5,15-16,19-20H2,1-2H3,(H,38,42)(H,44,45). The lowest BCUT2D eigenvalue weighted by molar-refractivity contribution is -0.122. The van der Waals surface area contributed by atoms with Crippen LogP contribution in [0.3, 0.4) is 0 Å². The van der Waals surface area contributed by atoms with Crippen molar-refractivity contribution in [1.29, 1.82) is 0 Å². The molecule has 0 saturated carbocycles. The Hall–Kier alpha value is -4.67. The van der Waals surface area contributed by atoms with Crippen LogP contribution in [-0.2, 0) is 16.2 Å². The maximum absolute atomic E-state index is 13.0. The van der Waals surface area contributed by atoms with E-state index in [2.05, 4.69) is 27.3 Å². The van der Waals surface area contributed by atoms with Crippen molar-refractivity contribution in [3.05, 3.63) is 93.4 Å². The summed E-state index contributed by atoms with van der Waals surface area (Å²) < 4.78 is 6.27. The van der Waals surface area contributed by atoms with E-state index < -0.39 is 17.8 Å². The van der Waals surface area contributed by atoms with Gasteiger partial charge in [-0.2, -0.15) is 0 Å². The van der Waals surface area contributed by atoms with Gasteiger partial charge in [0.1, 0.15) is 23.6 Å². The third kappa shape index (κ3) is 7.58. The van der Waals surface area contributed by atoms with E-state index in [9.17, 15) is 14.4 Å². The zero-order chi connectivity index (χ0) is 32.8. The van der Waals surface area contributed by atoms with E-state index in [4.69, 9.17) is 38.0 Å². The van der Waals surface area contributed by atoms with E-state index >= 15 is 0 Å². The van der Waals surface area contributed by atoms with E-state index in [-0.39, 0.29) is 23.9 Å². The van der Waals surface area contributed by atoms with Gasteiger partial charge in [-0.1, -0.05) is 41.4 Å². The van der Waals surface area contributed by atoms with Crippen molar-refractivity contribution in [3.63, 3.8) is 0 Å². The number of aromatic nitrogens is 2. The van der Waals surface area contributed by atoms with Crippen molar-refractivity contribution in [2.75, 3.05) is 36.5 Å². The van der Waals surface area contributed by atoms with Gasteiger partial charge in [0, 0.05) is 59.8 Å². The van der Waals surface area contributed by atoms with Gasteiger partial charge >= 0.3 is 5.97 Å². The molecule has 5 rings (SSSR count). The number of fused-ring (bicyclic) bond motifs is 1. The summed E-state index contributed by atoms with van der Waals surface area (Å²) in [6, 6.07) is 14.1. The van der Waals surface area contributed by atoms with Crippen LogP contribution in [0.15, 0.2) is 60.8 Å². The lowest BCUT2D eigenvalue weighted by Gasteiger charge is -2.30. The average Bonchev–Trinajstić information content (AvgIpc) is 3.06. The van der Waals surface area contributed by atoms with Crippen molar-refractivity contribution in [2.45, 2.75) is 32.8 Å². The Morgan fingerprint density at radius 1 is 1.09 bits per heavy atom. The number of likely N-dealkylation sites (N-methyl/N-ethyl adjacent to an activating group) is 1. The largest absolute Gasteiger partial charge is 0.487 e. The Morgan fingerprint density at radius 3 is 2.59 bits per heavy atom. The minimum atomic E-state index is -1.14. The van der Waals surface area contributed by atoms with Gasteiger partial charge < -0.3 is 25.0 Å². The van der Waals surface area contributed by atoms with E-state index in [1.165, 1.54) is 41.8 Å². The number of pyridine rings is 2. The molecule has 2 aromatic carbocycles. The molecule has 0 bridgehead atoms. The number of benzene rings is 2. The van der Waals surface area contributed by atoms with Crippen LogP contribution in [0.2, 0.25) is 10.0 Å². The summed E-state index contributed by atoms with van der Waals surface area (Å²) >= 11 is 13.3. The van der Waals surface area contributed by atoms with Gasteiger partial charge in [-0.15, -0.1) is 0 Å². The SMILES string of the molecule is Cc1cc(N2CCCCC2)c2cccc(OCc3c(Cl)ccc(N(C)C(=O)CNC(=O)C=Cc4ccc(C(=O)O)nc4)c3Cl)c2n1. The van der Waals surface area contributed by atoms with Gasteiger partial charge in [0.25, 0.3) is 0 Å². The Kier molecular flexibility index (Phi) is 10.4. The maximum atomic E-state index is 13.0. The highest BCUT2D eigenvalue weighted by Crippen LogP contribution is 2.37. The number of anilines is 2. The number of hydrogen-bond donors (Lipinski definition) is 2. The average molecular weight is 663 g/mol. The van der Waals surface area contributed by atoms with E-state index in [1.807, 2.05) is 19.1 Å². The van der Waals surface area contributed by atoms with E-state index in [0.29, 0.717) is 27.6 Å². The van der Waals surface area contributed by atoms with Crippen LogP contribution in [-0.4, -0.2) is 59.5 Å². The van der Waals surface area contributed by atoms with Crippen molar-refractivity contribution in [3.8, 4) is 5.75 Å². The molecule has 12 heteroatoms. The smallest absolute Gasteiger partial charge is 0.354 e. The fraction of sp³-hybridized carbons (Fsp3) is 0.265. The van der Waals surface area contributed by atoms with E-state index in [1.54, 1.807) is 19.2 Å². The quantitative estimate of drug-likeness (QED) is 0.190. The molecule has 0 atom stereocenters. The first-order chi connectivity index (χ1) is 22.1.